The van der Waals surface area contributed by atoms with Crippen molar-refractivity contribution in [3.05, 3.63) is 51.5 Å². The molecular formula is C21H21N3O4S. The third-order valence-corrected chi connectivity index (χ3v) is 6.17. The molecule has 1 amide bonds. The highest BCUT2D eigenvalue weighted by molar-refractivity contribution is 7.17. The molecule has 3 N–H and O–H groups in total. The molecule has 0 atom stereocenters. The van der Waals surface area contributed by atoms with Gasteiger partial charge in [0.05, 0.1) is 17.9 Å². The molecular weight excluding hydrogens is 390 g/mol. The average Bonchev–Trinajstić information content (AvgIpc) is 3.39. The first-order valence-corrected chi connectivity index (χ1v) is 10.3. The molecule has 1 aromatic carbocycles. The Hall–Kier alpha value is -3.13. The fourth-order valence-corrected chi connectivity index (χ4v) is 4.80. The summed E-state index contributed by atoms with van der Waals surface area (Å²) in [7, 11) is 0. The molecule has 0 bridgehead atoms. The Balaban J connectivity index is 1.61. The van der Waals surface area contributed by atoms with Crippen LogP contribution in [0, 0.1) is 6.92 Å². The number of benzene rings is 1. The number of anilines is 1. The summed E-state index contributed by atoms with van der Waals surface area (Å²) in [6, 6.07) is 6.93. The van der Waals surface area contributed by atoms with Gasteiger partial charge in [-0.25, -0.2) is 4.79 Å². The van der Waals surface area contributed by atoms with E-state index >= 15 is 0 Å². The van der Waals surface area contributed by atoms with Crippen molar-refractivity contribution in [2.75, 3.05) is 11.9 Å². The van der Waals surface area contributed by atoms with Crippen molar-refractivity contribution in [2.24, 2.45) is 0 Å². The van der Waals surface area contributed by atoms with Crippen molar-refractivity contribution < 1.29 is 19.4 Å². The van der Waals surface area contributed by atoms with Gasteiger partial charge in [-0.15, -0.1) is 11.3 Å². The monoisotopic (exact) mass is 411 g/mol. The van der Waals surface area contributed by atoms with Gasteiger partial charge in [0.1, 0.15) is 16.4 Å². The van der Waals surface area contributed by atoms with Crippen LogP contribution in [0.4, 0.5) is 5.00 Å². The van der Waals surface area contributed by atoms with Crippen LogP contribution in [-0.4, -0.2) is 33.8 Å². The lowest BCUT2D eigenvalue weighted by Crippen LogP contribution is -2.15. The SMILES string of the molecule is CCOC(=O)c1c(NC(=O)c2cc(-c3cccc(C)c3O)n[nH]2)sc2c1CCC2. The Bertz CT molecular complexity index is 1100. The number of esters is 1. The number of hydrogen-bond donors (Lipinski definition) is 3. The summed E-state index contributed by atoms with van der Waals surface area (Å²) >= 11 is 1.43. The highest BCUT2D eigenvalue weighted by atomic mass is 32.1. The average molecular weight is 411 g/mol. The van der Waals surface area contributed by atoms with Crippen molar-refractivity contribution in [1.82, 2.24) is 10.2 Å². The van der Waals surface area contributed by atoms with Crippen molar-refractivity contribution in [1.29, 1.82) is 0 Å². The van der Waals surface area contributed by atoms with E-state index in [4.69, 9.17) is 4.74 Å². The number of thiophene rings is 1. The number of aromatic hydroxyl groups is 1. The van der Waals surface area contributed by atoms with Gasteiger partial charge in [-0.3, -0.25) is 9.89 Å². The number of aryl methyl sites for hydroxylation is 2. The summed E-state index contributed by atoms with van der Waals surface area (Å²) in [4.78, 5) is 26.4. The molecule has 2 heterocycles. The molecule has 29 heavy (non-hydrogen) atoms. The lowest BCUT2D eigenvalue weighted by atomic mass is 10.1. The first kappa shape index (κ1) is 19.2. The molecule has 1 aliphatic rings. The highest BCUT2D eigenvalue weighted by Crippen LogP contribution is 2.40. The zero-order valence-electron chi connectivity index (χ0n) is 16.2. The number of rotatable bonds is 5. The van der Waals surface area contributed by atoms with Gasteiger partial charge >= 0.3 is 5.97 Å². The van der Waals surface area contributed by atoms with E-state index < -0.39 is 11.9 Å². The molecule has 0 fully saturated rings. The number of para-hydroxylation sites is 1. The fraction of sp³-hybridized carbons (Fsp3) is 0.286. The molecule has 150 valence electrons. The summed E-state index contributed by atoms with van der Waals surface area (Å²) < 4.78 is 5.19. The molecule has 2 aromatic heterocycles. The minimum Gasteiger partial charge on any atom is -0.507 e. The summed E-state index contributed by atoms with van der Waals surface area (Å²) in [6.07, 6.45) is 2.73. The molecule has 4 rings (SSSR count). The fourth-order valence-electron chi connectivity index (χ4n) is 3.52. The highest BCUT2D eigenvalue weighted by Gasteiger charge is 2.28. The van der Waals surface area contributed by atoms with Crippen LogP contribution < -0.4 is 5.32 Å². The molecule has 8 heteroatoms. The molecule has 0 unspecified atom stereocenters. The van der Waals surface area contributed by atoms with Crippen LogP contribution in [0.3, 0.4) is 0 Å². The van der Waals surface area contributed by atoms with Crippen LogP contribution in [0.1, 0.15) is 50.2 Å². The molecule has 0 saturated heterocycles. The van der Waals surface area contributed by atoms with Gasteiger partial charge in [-0.2, -0.15) is 5.10 Å². The van der Waals surface area contributed by atoms with Gasteiger partial charge in [-0.1, -0.05) is 12.1 Å². The number of nitrogens with one attached hydrogen (secondary N) is 2. The summed E-state index contributed by atoms with van der Waals surface area (Å²) in [5.74, 6) is -0.677. The van der Waals surface area contributed by atoms with E-state index in [0.717, 1.165) is 35.3 Å². The molecule has 0 aliphatic heterocycles. The Morgan fingerprint density at radius 2 is 2.17 bits per heavy atom. The molecule has 3 aromatic rings. The van der Waals surface area contributed by atoms with E-state index in [1.165, 1.54) is 11.3 Å². The van der Waals surface area contributed by atoms with E-state index in [0.29, 0.717) is 21.8 Å². The second-order valence-electron chi connectivity index (χ2n) is 6.87. The minimum absolute atomic E-state index is 0.130. The Morgan fingerprint density at radius 3 is 2.97 bits per heavy atom. The predicted octanol–water partition coefficient (Wildman–Crippen LogP) is 4.07. The van der Waals surface area contributed by atoms with Crippen LogP contribution in [0.5, 0.6) is 5.75 Å². The smallest absolute Gasteiger partial charge is 0.341 e. The number of phenolic OH excluding ortho intramolecular Hbond substituents is 1. The lowest BCUT2D eigenvalue weighted by molar-refractivity contribution is 0.0527. The van der Waals surface area contributed by atoms with Gasteiger partial charge in [0.15, 0.2) is 0 Å². The second-order valence-corrected chi connectivity index (χ2v) is 7.98. The maximum Gasteiger partial charge on any atom is 0.341 e. The van der Waals surface area contributed by atoms with Crippen LogP contribution in [0.15, 0.2) is 24.3 Å². The first-order chi connectivity index (χ1) is 14.0. The number of fused-ring (bicyclic) bond motifs is 1. The number of nitrogens with zero attached hydrogens (tertiary/aromatic N) is 1. The van der Waals surface area contributed by atoms with Crippen molar-refractivity contribution in [2.45, 2.75) is 33.1 Å². The first-order valence-electron chi connectivity index (χ1n) is 9.47. The number of amides is 1. The zero-order valence-corrected chi connectivity index (χ0v) is 17.0. The number of hydrogen-bond acceptors (Lipinski definition) is 6. The van der Waals surface area contributed by atoms with E-state index in [2.05, 4.69) is 15.5 Å². The van der Waals surface area contributed by atoms with Gasteiger partial charge in [0, 0.05) is 10.4 Å². The molecule has 0 radical (unpaired) electrons. The molecule has 0 saturated carbocycles. The van der Waals surface area contributed by atoms with Gasteiger partial charge < -0.3 is 15.2 Å². The number of phenols is 1. The van der Waals surface area contributed by atoms with Crippen LogP contribution in [0.25, 0.3) is 11.3 Å². The zero-order chi connectivity index (χ0) is 20.5. The Morgan fingerprint density at radius 1 is 1.34 bits per heavy atom. The maximum atomic E-state index is 12.8. The summed E-state index contributed by atoms with van der Waals surface area (Å²) in [5, 5.41) is 20.4. The topological polar surface area (TPSA) is 104 Å². The standard InChI is InChI=1S/C21H21N3O4S/c1-3-28-21(27)17-13-8-5-9-16(13)29-20(17)22-19(26)15-10-14(23-24-15)12-7-4-6-11(2)18(12)25/h4,6-7,10,25H,3,5,8-9H2,1-2H3,(H,22,26)(H,23,24). The number of ether oxygens (including phenoxy) is 1. The number of H-pyrrole nitrogens is 1. The van der Waals surface area contributed by atoms with Gasteiger partial charge in [0.2, 0.25) is 0 Å². The Kier molecular flexibility index (Phi) is 5.10. The van der Waals surface area contributed by atoms with E-state index in [1.807, 2.05) is 6.07 Å². The largest absolute Gasteiger partial charge is 0.507 e. The van der Waals surface area contributed by atoms with E-state index in [9.17, 15) is 14.7 Å². The number of carbonyl (C=O) groups excluding carboxylic acids is 2. The van der Waals surface area contributed by atoms with Crippen LogP contribution in [0.2, 0.25) is 0 Å². The van der Waals surface area contributed by atoms with E-state index in [-0.39, 0.29) is 18.1 Å². The lowest BCUT2D eigenvalue weighted by Gasteiger charge is -2.07. The van der Waals surface area contributed by atoms with Gasteiger partial charge in [-0.05, 0) is 56.4 Å². The quantitative estimate of drug-likeness (QED) is 0.549. The van der Waals surface area contributed by atoms with Gasteiger partial charge in [0.25, 0.3) is 5.91 Å². The Labute approximate surface area is 171 Å². The van der Waals surface area contributed by atoms with Crippen LogP contribution in [-0.2, 0) is 17.6 Å². The normalized spacial score (nSPS) is 12.6. The number of carbonyl (C=O) groups is 2. The summed E-state index contributed by atoms with van der Waals surface area (Å²) in [5.41, 5.74) is 3.43. The van der Waals surface area contributed by atoms with Crippen molar-refractivity contribution in [3.8, 4) is 17.0 Å². The third-order valence-electron chi connectivity index (χ3n) is 4.96. The second kappa shape index (κ2) is 7.71. The van der Waals surface area contributed by atoms with E-state index in [1.54, 1.807) is 32.0 Å². The third kappa shape index (κ3) is 3.51. The van der Waals surface area contributed by atoms with Crippen molar-refractivity contribution >= 4 is 28.2 Å². The number of aromatic nitrogens is 2. The predicted molar refractivity (Wildman–Crippen MR) is 111 cm³/mol. The van der Waals surface area contributed by atoms with Crippen molar-refractivity contribution in [3.63, 3.8) is 0 Å². The number of aromatic amines is 1. The molecule has 1 aliphatic carbocycles. The van der Waals surface area contributed by atoms with Crippen LogP contribution >= 0.6 is 11.3 Å². The minimum atomic E-state index is -0.405. The molecule has 0 spiro atoms. The summed E-state index contributed by atoms with van der Waals surface area (Å²) in [6.45, 7) is 3.84. The molecule has 7 nitrogen and oxygen atoms in total. The maximum absolute atomic E-state index is 12.8.